The fourth-order valence-electron chi connectivity index (χ4n) is 4.24. The van der Waals surface area contributed by atoms with E-state index in [9.17, 15) is 0 Å². The van der Waals surface area contributed by atoms with Gasteiger partial charge in [-0.25, -0.2) is 0 Å². The van der Waals surface area contributed by atoms with Gasteiger partial charge in [-0.05, 0) is 51.5 Å². The summed E-state index contributed by atoms with van der Waals surface area (Å²) in [7, 11) is 0. The molecule has 1 aliphatic carbocycles. The fraction of sp³-hybridized carbons (Fsp3) is 0.682. The zero-order chi connectivity index (χ0) is 18.2. The van der Waals surface area contributed by atoms with Crippen molar-refractivity contribution in [2.24, 2.45) is 4.99 Å². The lowest BCUT2D eigenvalue weighted by molar-refractivity contribution is 0.150. The van der Waals surface area contributed by atoms with Crippen molar-refractivity contribution in [1.82, 2.24) is 15.5 Å². The molecular weight excluding hydrogens is 320 g/mol. The number of hydrogen-bond acceptors (Lipinski definition) is 2. The van der Waals surface area contributed by atoms with E-state index in [2.05, 4.69) is 53.6 Å². The maximum Gasteiger partial charge on any atom is 0.191 e. The second kappa shape index (κ2) is 9.96. The summed E-state index contributed by atoms with van der Waals surface area (Å²) in [6.45, 7) is 8.50. The minimum absolute atomic E-state index is 0.560. The van der Waals surface area contributed by atoms with Gasteiger partial charge in [0.05, 0.1) is 0 Å². The van der Waals surface area contributed by atoms with Gasteiger partial charge in [-0.2, -0.15) is 0 Å². The summed E-state index contributed by atoms with van der Waals surface area (Å²) < 4.78 is 0. The first-order valence-corrected chi connectivity index (χ1v) is 10.6. The van der Waals surface area contributed by atoms with Gasteiger partial charge >= 0.3 is 0 Å². The molecule has 0 bridgehead atoms. The molecule has 0 aromatic heterocycles. The van der Waals surface area contributed by atoms with Crippen LogP contribution < -0.4 is 10.6 Å². The third-order valence-electron chi connectivity index (χ3n) is 5.85. The minimum atomic E-state index is 0.560. The molecule has 4 nitrogen and oxygen atoms in total. The number of benzene rings is 1. The summed E-state index contributed by atoms with van der Waals surface area (Å²) in [6.07, 6.45) is 9.17. The molecule has 3 rings (SSSR count). The zero-order valence-electron chi connectivity index (χ0n) is 16.6. The van der Waals surface area contributed by atoms with Crippen molar-refractivity contribution in [3.8, 4) is 0 Å². The Balaban J connectivity index is 1.44. The van der Waals surface area contributed by atoms with Crippen molar-refractivity contribution >= 4 is 5.96 Å². The first kappa shape index (κ1) is 19.2. The summed E-state index contributed by atoms with van der Waals surface area (Å²) in [5, 5.41) is 7.09. The summed E-state index contributed by atoms with van der Waals surface area (Å²) in [5.41, 5.74) is 2.68. The molecule has 4 heteroatoms. The quantitative estimate of drug-likeness (QED) is 0.605. The molecule has 0 unspecified atom stereocenters. The number of hydrogen-bond donors (Lipinski definition) is 2. The van der Waals surface area contributed by atoms with Crippen LogP contribution in [0.1, 0.15) is 56.6 Å². The van der Waals surface area contributed by atoms with Gasteiger partial charge in [-0.15, -0.1) is 0 Å². The van der Waals surface area contributed by atoms with Crippen molar-refractivity contribution in [3.05, 3.63) is 35.4 Å². The molecule has 2 fully saturated rings. The zero-order valence-corrected chi connectivity index (χ0v) is 16.6. The molecule has 0 amide bonds. The lowest BCUT2D eigenvalue weighted by Gasteiger charge is -2.36. The number of likely N-dealkylation sites (tertiary alicyclic amines) is 1. The molecule has 2 N–H and O–H groups in total. The van der Waals surface area contributed by atoms with Crippen LogP contribution in [-0.4, -0.2) is 49.1 Å². The Bertz CT molecular complexity index is 552. The molecule has 1 aliphatic heterocycles. The topological polar surface area (TPSA) is 39.7 Å². The Morgan fingerprint density at radius 3 is 2.42 bits per heavy atom. The maximum absolute atomic E-state index is 4.80. The maximum atomic E-state index is 4.80. The average molecular weight is 357 g/mol. The highest BCUT2D eigenvalue weighted by molar-refractivity contribution is 5.80. The van der Waals surface area contributed by atoms with Crippen LogP contribution in [0.5, 0.6) is 0 Å². The number of guanidine groups is 1. The molecule has 1 aromatic carbocycles. The third-order valence-corrected chi connectivity index (χ3v) is 5.85. The molecule has 1 saturated heterocycles. The van der Waals surface area contributed by atoms with Crippen molar-refractivity contribution < 1.29 is 0 Å². The van der Waals surface area contributed by atoms with Crippen LogP contribution in [0.2, 0.25) is 0 Å². The van der Waals surface area contributed by atoms with Crippen LogP contribution in [0.25, 0.3) is 0 Å². The Morgan fingerprint density at radius 1 is 1.08 bits per heavy atom. The van der Waals surface area contributed by atoms with Gasteiger partial charge in [0.15, 0.2) is 5.96 Å². The molecule has 0 radical (unpaired) electrons. The van der Waals surface area contributed by atoms with E-state index in [0.717, 1.165) is 31.5 Å². The Morgan fingerprint density at radius 2 is 1.77 bits per heavy atom. The van der Waals surface area contributed by atoms with E-state index >= 15 is 0 Å². The number of piperidine rings is 1. The average Bonchev–Trinajstić information content (AvgIpc) is 3.19. The van der Waals surface area contributed by atoms with Crippen molar-refractivity contribution in [1.29, 1.82) is 0 Å². The Labute approximate surface area is 159 Å². The largest absolute Gasteiger partial charge is 0.357 e. The van der Waals surface area contributed by atoms with Gasteiger partial charge in [-0.1, -0.05) is 42.7 Å². The lowest BCUT2D eigenvalue weighted by Crippen LogP contribution is -2.50. The highest BCUT2D eigenvalue weighted by atomic mass is 15.2. The molecule has 0 atom stereocenters. The van der Waals surface area contributed by atoms with E-state index in [0.29, 0.717) is 6.04 Å². The van der Waals surface area contributed by atoms with Gasteiger partial charge in [0.1, 0.15) is 0 Å². The molecule has 144 valence electrons. The first-order chi connectivity index (χ1) is 12.7. The number of aliphatic imine (C=N–C) groups is 1. The molecule has 0 spiro atoms. The van der Waals surface area contributed by atoms with E-state index in [1.807, 2.05) is 0 Å². The van der Waals surface area contributed by atoms with Crippen LogP contribution in [0, 0.1) is 6.92 Å². The normalized spacial score (nSPS) is 20.5. The monoisotopic (exact) mass is 356 g/mol. The van der Waals surface area contributed by atoms with E-state index in [1.165, 1.54) is 62.7 Å². The van der Waals surface area contributed by atoms with Crippen LogP contribution >= 0.6 is 0 Å². The predicted molar refractivity (Wildman–Crippen MR) is 111 cm³/mol. The standard InChI is InChI=1S/C22H36N4/c1-3-23-22(24-15-12-19-10-8-18(2)9-11-19)25-20-13-16-26(17-14-20)21-6-4-5-7-21/h8-11,20-21H,3-7,12-17H2,1-2H3,(H2,23,24,25). The summed E-state index contributed by atoms with van der Waals surface area (Å²) in [6, 6.07) is 10.2. The number of nitrogens with one attached hydrogen (secondary N) is 2. The second-order valence-electron chi connectivity index (χ2n) is 7.89. The number of rotatable bonds is 6. The van der Waals surface area contributed by atoms with Crippen LogP contribution in [-0.2, 0) is 6.42 Å². The van der Waals surface area contributed by atoms with Crippen LogP contribution in [0.4, 0.5) is 0 Å². The Kier molecular flexibility index (Phi) is 7.36. The third kappa shape index (κ3) is 5.73. The summed E-state index contributed by atoms with van der Waals surface area (Å²) in [5.74, 6) is 0.985. The van der Waals surface area contributed by atoms with Crippen molar-refractivity contribution in [3.63, 3.8) is 0 Å². The smallest absolute Gasteiger partial charge is 0.191 e. The Hall–Kier alpha value is -1.55. The summed E-state index contributed by atoms with van der Waals surface area (Å²) >= 11 is 0. The van der Waals surface area contributed by atoms with Crippen molar-refractivity contribution in [2.45, 2.75) is 70.9 Å². The summed E-state index contributed by atoms with van der Waals surface area (Å²) in [4.78, 5) is 7.53. The number of aryl methyl sites for hydroxylation is 1. The highest BCUT2D eigenvalue weighted by Gasteiger charge is 2.27. The molecule has 26 heavy (non-hydrogen) atoms. The second-order valence-corrected chi connectivity index (χ2v) is 7.89. The van der Waals surface area contributed by atoms with E-state index in [4.69, 9.17) is 4.99 Å². The predicted octanol–water partition coefficient (Wildman–Crippen LogP) is 3.50. The van der Waals surface area contributed by atoms with Gasteiger partial charge in [0.2, 0.25) is 0 Å². The van der Waals surface area contributed by atoms with Crippen LogP contribution in [0.3, 0.4) is 0 Å². The van der Waals surface area contributed by atoms with Crippen LogP contribution in [0.15, 0.2) is 29.3 Å². The molecule has 1 heterocycles. The van der Waals surface area contributed by atoms with E-state index in [-0.39, 0.29) is 0 Å². The van der Waals surface area contributed by atoms with Gasteiger partial charge < -0.3 is 15.5 Å². The molecular formula is C22H36N4. The first-order valence-electron chi connectivity index (χ1n) is 10.6. The SMILES string of the molecule is CCNC(=NCCc1ccc(C)cc1)NC1CCN(C2CCCC2)CC1. The van der Waals surface area contributed by atoms with E-state index in [1.54, 1.807) is 0 Å². The molecule has 1 saturated carbocycles. The van der Waals surface area contributed by atoms with Gasteiger partial charge in [-0.3, -0.25) is 4.99 Å². The van der Waals surface area contributed by atoms with E-state index < -0.39 is 0 Å². The number of nitrogens with zero attached hydrogens (tertiary/aromatic N) is 2. The minimum Gasteiger partial charge on any atom is -0.357 e. The molecule has 1 aromatic rings. The lowest BCUT2D eigenvalue weighted by atomic mass is 10.0. The fourth-order valence-corrected chi connectivity index (χ4v) is 4.24. The van der Waals surface area contributed by atoms with Gasteiger partial charge in [0, 0.05) is 38.3 Å². The molecule has 2 aliphatic rings. The van der Waals surface area contributed by atoms with Crippen molar-refractivity contribution in [2.75, 3.05) is 26.2 Å². The highest BCUT2D eigenvalue weighted by Crippen LogP contribution is 2.26. The van der Waals surface area contributed by atoms with Gasteiger partial charge in [0.25, 0.3) is 0 Å².